The zero-order valence-corrected chi connectivity index (χ0v) is 12.3. The highest BCUT2D eigenvalue weighted by Crippen LogP contribution is 2.24. The third kappa shape index (κ3) is 5.94. The molecule has 106 valence electrons. The Kier molecular flexibility index (Phi) is 5.63. The van der Waals surface area contributed by atoms with Crippen LogP contribution in [0.3, 0.4) is 0 Å². The Hall–Kier alpha value is -1.26. The van der Waals surface area contributed by atoms with E-state index in [0.717, 1.165) is 12.0 Å². The molecule has 0 aromatic heterocycles. The van der Waals surface area contributed by atoms with E-state index in [1.54, 1.807) is 32.9 Å². The molecular formula is C14H20ClNO3. The van der Waals surface area contributed by atoms with E-state index in [2.05, 4.69) is 5.32 Å². The summed E-state index contributed by atoms with van der Waals surface area (Å²) in [5, 5.41) is 11.8. The van der Waals surface area contributed by atoms with Gasteiger partial charge in [0.2, 0.25) is 0 Å². The maximum Gasteiger partial charge on any atom is 0.412 e. The Balaban J connectivity index is 2.67. The molecule has 0 heterocycles. The lowest BCUT2D eigenvalue weighted by molar-refractivity contribution is 0.0636. The molecule has 0 unspecified atom stereocenters. The number of aliphatic hydroxyl groups is 1. The molecule has 0 saturated carbocycles. The lowest BCUT2D eigenvalue weighted by Gasteiger charge is -2.20. The number of nitrogens with one attached hydrogen (secondary N) is 1. The second kappa shape index (κ2) is 6.78. The minimum atomic E-state index is -0.544. The molecule has 19 heavy (non-hydrogen) atoms. The number of anilines is 1. The average Bonchev–Trinajstić information content (AvgIpc) is 2.27. The minimum absolute atomic E-state index is 0.148. The third-order valence-corrected chi connectivity index (χ3v) is 2.61. The molecule has 0 atom stereocenters. The molecule has 1 aromatic carbocycles. The summed E-state index contributed by atoms with van der Waals surface area (Å²) < 4.78 is 5.15. The number of benzene rings is 1. The maximum atomic E-state index is 11.6. The number of hydrogen-bond acceptors (Lipinski definition) is 3. The summed E-state index contributed by atoms with van der Waals surface area (Å²) in [6.45, 7) is 5.54. The number of hydrogen-bond donors (Lipinski definition) is 2. The molecule has 5 heteroatoms. The first-order chi connectivity index (χ1) is 8.81. The van der Waals surface area contributed by atoms with Crippen LogP contribution in [0.2, 0.25) is 5.02 Å². The van der Waals surface area contributed by atoms with E-state index in [0.29, 0.717) is 17.1 Å². The molecule has 0 radical (unpaired) electrons. The van der Waals surface area contributed by atoms with Crippen LogP contribution in [0.25, 0.3) is 0 Å². The first-order valence-corrected chi connectivity index (χ1v) is 6.59. The molecule has 0 aliphatic rings. The average molecular weight is 286 g/mol. The molecule has 0 saturated heterocycles. The van der Waals surface area contributed by atoms with Crippen molar-refractivity contribution < 1.29 is 14.6 Å². The van der Waals surface area contributed by atoms with E-state index in [1.165, 1.54) is 0 Å². The van der Waals surface area contributed by atoms with Gasteiger partial charge < -0.3 is 9.84 Å². The maximum absolute atomic E-state index is 11.6. The second-order valence-electron chi connectivity index (χ2n) is 5.27. The predicted octanol–water partition coefficient (Wildman–Crippen LogP) is 3.61. The topological polar surface area (TPSA) is 58.6 Å². The predicted molar refractivity (Wildman–Crippen MR) is 76.7 cm³/mol. The van der Waals surface area contributed by atoms with E-state index in [4.69, 9.17) is 21.4 Å². The minimum Gasteiger partial charge on any atom is -0.444 e. The van der Waals surface area contributed by atoms with Gasteiger partial charge in [-0.1, -0.05) is 17.7 Å². The molecule has 0 bridgehead atoms. The second-order valence-corrected chi connectivity index (χ2v) is 5.68. The van der Waals surface area contributed by atoms with Crippen LogP contribution in [0.1, 0.15) is 32.8 Å². The van der Waals surface area contributed by atoms with E-state index in [9.17, 15) is 4.79 Å². The number of rotatable bonds is 4. The van der Waals surface area contributed by atoms with Crippen molar-refractivity contribution in [3.63, 3.8) is 0 Å². The van der Waals surface area contributed by atoms with Gasteiger partial charge in [0.1, 0.15) is 5.60 Å². The van der Waals surface area contributed by atoms with Crippen LogP contribution < -0.4 is 5.32 Å². The Morgan fingerprint density at radius 1 is 1.42 bits per heavy atom. The van der Waals surface area contributed by atoms with Crippen molar-refractivity contribution in [3.8, 4) is 0 Å². The summed E-state index contributed by atoms with van der Waals surface area (Å²) in [4.78, 5) is 11.6. The van der Waals surface area contributed by atoms with Gasteiger partial charge in [-0.3, -0.25) is 5.32 Å². The lowest BCUT2D eigenvalue weighted by atomic mass is 10.1. The summed E-state index contributed by atoms with van der Waals surface area (Å²) in [7, 11) is 0. The first-order valence-electron chi connectivity index (χ1n) is 6.21. The standard InChI is InChI=1S/C14H20ClNO3/c1-14(2,3)19-13(18)16-12-7-6-10(5-4-8-17)9-11(12)15/h6-7,9,17H,4-5,8H2,1-3H3,(H,16,18). The molecule has 0 spiro atoms. The fraction of sp³-hybridized carbons (Fsp3) is 0.500. The molecule has 0 fully saturated rings. The summed E-state index contributed by atoms with van der Waals surface area (Å²) in [6, 6.07) is 5.39. The highest BCUT2D eigenvalue weighted by atomic mass is 35.5. The van der Waals surface area contributed by atoms with Crippen molar-refractivity contribution in [2.24, 2.45) is 0 Å². The van der Waals surface area contributed by atoms with Crippen molar-refractivity contribution in [1.29, 1.82) is 0 Å². The Bertz CT molecular complexity index is 441. The largest absolute Gasteiger partial charge is 0.444 e. The molecule has 1 aromatic rings. The quantitative estimate of drug-likeness (QED) is 0.888. The molecule has 4 nitrogen and oxygen atoms in total. The molecule has 0 aliphatic carbocycles. The monoisotopic (exact) mass is 285 g/mol. The number of aliphatic hydroxyl groups excluding tert-OH is 1. The fourth-order valence-corrected chi connectivity index (χ4v) is 1.76. The van der Waals surface area contributed by atoms with Gasteiger partial charge in [-0.05, 0) is 51.3 Å². The highest BCUT2D eigenvalue weighted by Gasteiger charge is 2.17. The zero-order valence-electron chi connectivity index (χ0n) is 11.5. The first kappa shape index (κ1) is 15.8. The van der Waals surface area contributed by atoms with Gasteiger partial charge in [-0.2, -0.15) is 0 Å². The summed E-state index contributed by atoms with van der Waals surface area (Å²) in [5.41, 5.74) is 0.995. The van der Waals surface area contributed by atoms with Crippen LogP contribution in [0.5, 0.6) is 0 Å². The highest BCUT2D eigenvalue weighted by molar-refractivity contribution is 6.33. The van der Waals surface area contributed by atoms with Crippen LogP contribution in [-0.2, 0) is 11.2 Å². The number of amides is 1. The van der Waals surface area contributed by atoms with Crippen LogP contribution in [0, 0.1) is 0 Å². The van der Waals surface area contributed by atoms with E-state index in [-0.39, 0.29) is 6.61 Å². The van der Waals surface area contributed by atoms with Crippen LogP contribution >= 0.6 is 11.6 Å². The van der Waals surface area contributed by atoms with Gasteiger partial charge in [0.05, 0.1) is 10.7 Å². The van der Waals surface area contributed by atoms with E-state index < -0.39 is 11.7 Å². The van der Waals surface area contributed by atoms with Crippen LogP contribution in [0.4, 0.5) is 10.5 Å². The molecule has 2 N–H and O–H groups in total. The van der Waals surface area contributed by atoms with Gasteiger partial charge in [-0.25, -0.2) is 4.79 Å². The summed E-state index contributed by atoms with van der Waals surface area (Å²) in [6.07, 6.45) is 0.912. The Morgan fingerprint density at radius 3 is 2.63 bits per heavy atom. The van der Waals surface area contributed by atoms with Gasteiger partial charge in [-0.15, -0.1) is 0 Å². The zero-order chi connectivity index (χ0) is 14.5. The number of aryl methyl sites for hydroxylation is 1. The van der Waals surface area contributed by atoms with Crippen molar-refractivity contribution in [3.05, 3.63) is 28.8 Å². The van der Waals surface area contributed by atoms with Crippen LogP contribution in [0.15, 0.2) is 18.2 Å². The van der Waals surface area contributed by atoms with E-state index >= 15 is 0 Å². The number of carbonyl (C=O) groups is 1. The SMILES string of the molecule is CC(C)(C)OC(=O)Nc1ccc(CCCO)cc1Cl. The molecule has 0 aliphatic heterocycles. The summed E-state index contributed by atoms with van der Waals surface area (Å²) >= 11 is 6.09. The lowest BCUT2D eigenvalue weighted by Crippen LogP contribution is -2.27. The Labute approximate surface area is 118 Å². The van der Waals surface area contributed by atoms with Crippen molar-refractivity contribution in [1.82, 2.24) is 0 Å². The van der Waals surface area contributed by atoms with Gasteiger partial charge in [0.25, 0.3) is 0 Å². The van der Waals surface area contributed by atoms with Crippen LogP contribution in [-0.4, -0.2) is 23.4 Å². The van der Waals surface area contributed by atoms with Crippen molar-refractivity contribution in [2.75, 3.05) is 11.9 Å². The van der Waals surface area contributed by atoms with Crippen molar-refractivity contribution in [2.45, 2.75) is 39.2 Å². The normalized spacial score (nSPS) is 11.2. The third-order valence-electron chi connectivity index (χ3n) is 2.29. The number of ether oxygens (including phenoxy) is 1. The summed E-state index contributed by atoms with van der Waals surface area (Å²) in [5.74, 6) is 0. The smallest absolute Gasteiger partial charge is 0.412 e. The van der Waals surface area contributed by atoms with Gasteiger partial charge in [0.15, 0.2) is 0 Å². The van der Waals surface area contributed by atoms with Gasteiger partial charge >= 0.3 is 6.09 Å². The molecule has 1 rings (SSSR count). The fourth-order valence-electron chi connectivity index (χ4n) is 1.51. The number of carbonyl (C=O) groups excluding carboxylic acids is 1. The van der Waals surface area contributed by atoms with Gasteiger partial charge in [0, 0.05) is 6.61 Å². The molecule has 1 amide bonds. The molecular weight excluding hydrogens is 266 g/mol. The Morgan fingerprint density at radius 2 is 2.11 bits per heavy atom. The van der Waals surface area contributed by atoms with Crippen molar-refractivity contribution >= 4 is 23.4 Å². The number of halogens is 1. The van der Waals surface area contributed by atoms with E-state index in [1.807, 2.05) is 6.07 Å².